The summed E-state index contributed by atoms with van der Waals surface area (Å²) in [7, 11) is 0. The van der Waals surface area contributed by atoms with Crippen LogP contribution in [-0.2, 0) is 9.59 Å². The molecule has 1 aromatic rings. The molecule has 0 fully saturated rings. The van der Waals surface area contributed by atoms with Crippen LogP contribution >= 0.6 is 46.6 Å². The van der Waals surface area contributed by atoms with Crippen LogP contribution in [0.15, 0.2) is 12.1 Å². The van der Waals surface area contributed by atoms with E-state index in [-0.39, 0.29) is 21.7 Å². The first-order valence-corrected chi connectivity index (χ1v) is 8.10. The zero-order valence-corrected chi connectivity index (χ0v) is 13.8. The van der Waals surface area contributed by atoms with Gasteiger partial charge in [-0.3, -0.25) is 9.59 Å². The van der Waals surface area contributed by atoms with Gasteiger partial charge in [-0.15, -0.1) is 0 Å². The molecule has 0 aliphatic heterocycles. The van der Waals surface area contributed by atoms with Crippen molar-refractivity contribution < 1.29 is 14.7 Å². The number of nitrogens with two attached hydrogens (primary N) is 1. The van der Waals surface area contributed by atoms with Gasteiger partial charge >= 0.3 is 5.97 Å². The lowest BCUT2D eigenvalue weighted by Crippen LogP contribution is -2.30. The Morgan fingerprint density at radius 1 is 1.24 bits per heavy atom. The lowest BCUT2D eigenvalue weighted by atomic mass is 10.2. The first kappa shape index (κ1) is 18.4. The van der Waals surface area contributed by atoms with E-state index in [0.717, 1.165) is 0 Å². The summed E-state index contributed by atoms with van der Waals surface area (Å²) < 4.78 is 0. The minimum atomic E-state index is -1.05. The molecular formula is C12H13Cl3N2O3S. The number of anilines is 1. The number of aliphatic carboxylic acids is 1. The Hall–Kier alpha value is -0.660. The number of hydrogen-bond donors (Lipinski definition) is 3. The van der Waals surface area contributed by atoms with Gasteiger partial charge in [0.25, 0.3) is 0 Å². The number of thioether (sulfide) groups is 1. The second-order valence-electron chi connectivity index (χ2n) is 4.08. The highest BCUT2D eigenvalue weighted by Gasteiger charge is 2.12. The number of halogens is 3. The third-order valence-electron chi connectivity index (χ3n) is 2.41. The van der Waals surface area contributed by atoms with Gasteiger partial charge in [-0.25, -0.2) is 0 Å². The second-order valence-corrected chi connectivity index (χ2v) is 6.41. The summed E-state index contributed by atoms with van der Waals surface area (Å²) in [5.74, 6) is -0.703. The van der Waals surface area contributed by atoms with E-state index in [1.807, 2.05) is 0 Å². The normalized spacial score (nSPS) is 12.0. The largest absolute Gasteiger partial charge is 0.480 e. The van der Waals surface area contributed by atoms with Crippen LogP contribution in [0.1, 0.15) is 6.42 Å². The molecule has 116 valence electrons. The topological polar surface area (TPSA) is 92.4 Å². The van der Waals surface area contributed by atoms with E-state index < -0.39 is 12.0 Å². The Balaban J connectivity index is 2.41. The molecular weight excluding hydrogens is 359 g/mol. The smallest absolute Gasteiger partial charge is 0.320 e. The lowest BCUT2D eigenvalue weighted by Gasteiger charge is -2.09. The number of benzene rings is 1. The molecule has 1 unspecified atom stereocenters. The van der Waals surface area contributed by atoms with E-state index in [0.29, 0.717) is 22.9 Å². The van der Waals surface area contributed by atoms with Crippen molar-refractivity contribution in [2.24, 2.45) is 5.73 Å². The zero-order valence-electron chi connectivity index (χ0n) is 10.7. The van der Waals surface area contributed by atoms with E-state index in [9.17, 15) is 9.59 Å². The molecule has 9 heteroatoms. The van der Waals surface area contributed by atoms with Gasteiger partial charge in [-0.05, 0) is 24.3 Å². The molecule has 0 spiro atoms. The summed E-state index contributed by atoms with van der Waals surface area (Å²) >= 11 is 18.8. The van der Waals surface area contributed by atoms with Gasteiger partial charge in [-0.1, -0.05) is 34.8 Å². The third kappa shape index (κ3) is 6.32. The van der Waals surface area contributed by atoms with Crippen molar-refractivity contribution in [1.82, 2.24) is 0 Å². The van der Waals surface area contributed by atoms with Gasteiger partial charge in [0, 0.05) is 0 Å². The number of amides is 1. The Kier molecular flexibility index (Phi) is 7.62. The van der Waals surface area contributed by atoms with Gasteiger partial charge in [0.15, 0.2) is 0 Å². The Labute approximate surface area is 141 Å². The fraction of sp³-hybridized carbons (Fsp3) is 0.333. The minimum absolute atomic E-state index is 0.156. The van der Waals surface area contributed by atoms with E-state index in [2.05, 4.69) is 5.32 Å². The average Bonchev–Trinajstić information content (AvgIpc) is 2.40. The standard InChI is InChI=1S/C12H13Cl3N2O3S/c13-6-3-8(15)10(4-7(6)14)17-11(18)5-21-2-1-9(16)12(19)20/h3-4,9H,1-2,5,16H2,(H,17,18)(H,19,20). The van der Waals surface area contributed by atoms with E-state index in [1.54, 1.807) is 0 Å². The molecule has 5 nitrogen and oxygen atoms in total. The SMILES string of the molecule is NC(CCSCC(=O)Nc1cc(Cl)c(Cl)cc1Cl)C(=O)O. The lowest BCUT2D eigenvalue weighted by molar-refractivity contribution is -0.138. The van der Waals surface area contributed by atoms with Crippen LogP contribution in [0, 0.1) is 0 Å². The number of carboxylic acid groups (broad SMARTS) is 1. The van der Waals surface area contributed by atoms with Crippen LogP contribution in [0.4, 0.5) is 5.69 Å². The molecule has 1 aromatic carbocycles. The maximum Gasteiger partial charge on any atom is 0.320 e. The monoisotopic (exact) mass is 370 g/mol. The summed E-state index contributed by atoms with van der Waals surface area (Å²) in [6.07, 6.45) is 0.292. The number of rotatable bonds is 7. The van der Waals surface area contributed by atoms with Gasteiger partial charge in [0.05, 0.1) is 26.5 Å². The molecule has 4 N–H and O–H groups in total. The molecule has 0 aromatic heterocycles. The Morgan fingerprint density at radius 3 is 2.48 bits per heavy atom. The number of nitrogens with one attached hydrogen (secondary N) is 1. The Bertz CT molecular complexity index is 543. The molecule has 1 amide bonds. The quantitative estimate of drug-likeness (QED) is 0.506. The van der Waals surface area contributed by atoms with E-state index in [4.69, 9.17) is 45.6 Å². The predicted molar refractivity (Wildman–Crippen MR) is 87.7 cm³/mol. The molecule has 0 aliphatic rings. The molecule has 0 saturated carbocycles. The predicted octanol–water partition coefficient (Wildman–Crippen LogP) is 3.12. The second kappa shape index (κ2) is 8.70. The number of carbonyl (C=O) groups is 2. The van der Waals surface area contributed by atoms with E-state index >= 15 is 0 Å². The van der Waals surface area contributed by atoms with Crippen molar-refractivity contribution in [3.63, 3.8) is 0 Å². The molecule has 0 saturated heterocycles. The Morgan fingerprint density at radius 2 is 1.86 bits per heavy atom. The minimum Gasteiger partial charge on any atom is -0.480 e. The maximum absolute atomic E-state index is 11.7. The summed E-state index contributed by atoms with van der Waals surface area (Å²) in [6.45, 7) is 0. The first-order chi connectivity index (χ1) is 9.81. The molecule has 1 rings (SSSR count). The molecule has 0 heterocycles. The molecule has 0 bridgehead atoms. The van der Waals surface area contributed by atoms with Crippen LogP contribution in [0.25, 0.3) is 0 Å². The highest BCUT2D eigenvalue weighted by Crippen LogP contribution is 2.32. The van der Waals surface area contributed by atoms with Crippen molar-refractivity contribution in [1.29, 1.82) is 0 Å². The van der Waals surface area contributed by atoms with E-state index in [1.165, 1.54) is 23.9 Å². The summed E-state index contributed by atoms with van der Waals surface area (Å²) in [4.78, 5) is 22.2. The summed E-state index contributed by atoms with van der Waals surface area (Å²) in [6, 6.07) is 2.00. The van der Waals surface area contributed by atoms with Crippen LogP contribution in [0.5, 0.6) is 0 Å². The molecule has 0 aliphatic carbocycles. The van der Waals surface area contributed by atoms with Gasteiger partial charge in [0.2, 0.25) is 5.91 Å². The van der Waals surface area contributed by atoms with Crippen molar-refractivity contribution in [3.8, 4) is 0 Å². The highest BCUT2D eigenvalue weighted by atomic mass is 35.5. The van der Waals surface area contributed by atoms with Crippen molar-refractivity contribution in [2.75, 3.05) is 16.8 Å². The van der Waals surface area contributed by atoms with Crippen LogP contribution < -0.4 is 11.1 Å². The van der Waals surface area contributed by atoms with Crippen molar-refractivity contribution >= 4 is 64.1 Å². The number of carboxylic acids is 1. The molecule has 1 atom stereocenters. The molecule has 21 heavy (non-hydrogen) atoms. The number of carbonyl (C=O) groups excluding carboxylic acids is 1. The van der Waals surface area contributed by atoms with Gasteiger partial charge < -0.3 is 16.2 Å². The average molecular weight is 372 g/mol. The van der Waals surface area contributed by atoms with Crippen LogP contribution in [-0.4, -0.2) is 34.5 Å². The first-order valence-electron chi connectivity index (χ1n) is 5.81. The summed E-state index contributed by atoms with van der Waals surface area (Å²) in [5, 5.41) is 12.1. The maximum atomic E-state index is 11.7. The van der Waals surface area contributed by atoms with Crippen molar-refractivity contribution in [2.45, 2.75) is 12.5 Å². The highest BCUT2D eigenvalue weighted by molar-refractivity contribution is 7.99. The fourth-order valence-corrected chi connectivity index (χ4v) is 2.72. The number of hydrogen-bond acceptors (Lipinski definition) is 4. The van der Waals surface area contributed by atoms with Crippen LogP contribution in [0.3, 0.4) is 0 Å². The summed E-state index contributed by atoms with van der Waals surface area (Å²) in [5.41, 5.74) is 5.72. The zero-order chi connectivity index (χ0) is 16.0. The van der Waals surface area contributed by atoms with Gasteiger partial charge in [0.1, 0.15) is 6.04 Å². The van der Waals surface area contributed by atoms with Crippen molar-refractivity contribution in [3.05, 3.63) is 27.2 Å². The molecule has 0 radical (unpaired) electrons. The van der Waals surface area contributed by atoms with Crippen LogP contribution in [0.2, 0.25) is 15.1 Å². The third-order valence-corrected chi connectivity index (χ3v) is 4.43. The van der Waals surface area contributed by atoms with Gasteiger partial charge in [-0.2, -0.15) is 11.8 Å². The fourth-order valence-electron chi connectivity index (χ4n) is 1.30.